The fourth-order valence-electron chi connectivity index (χ4n) is 4.86. The molecular weight excluding hydrogens is 424 g/mol. The Morgan fingerprint density at radius 3 is 2.47 bits per heavy atom. The molecule has 2 aliphatic rings. The summed E-state index contributed by atoms with van der Waals surface area (Å²) in [4.78, 5) is 4.93. The SMILES string of the molecule is COc1ccc2c(c1)COc1ccccc1CN2Cc1ccc(OCCN2CCCCC2)cc1. The van der Waals surface area contributed by atoms with Crippen molar-refractivity contribution in [2.24, 2.45) is 0 Å². The molecule has 2 aliphatic heterocycles. The first kappa shape index (κ1) is 22.6. The number of benzene rings is 3. The van der Waals surface area contributed by atoms with Gasteiger partial charge in [-0.1, -0.05) is 36.8 Å². The first-order valence-corrected chi connectivity index (χ1v) is 12.4. The van der Waals surface area contributed by atoms with Gasteiger partial charge in [0.2, 0.25) is 0 Å². The molecule has 0 bridgehead atoms. The van der Waals surface area contributed by atoms with E-state index < -0.39 is 0 Å². The molecule has 0 aliphatic carbocycles. The van der Waals surface area contributed by atoms with Gasteiger partial charge in [0.25, 0.3) is 0 Å². The molecule has 3 aromatic carbocycles. The van der Waals surface area contributed by atoms with E-state index in [1.165, 1.54) is 49.2 Å². The Morgan fingerprint density at radius 1 is 0.853 bits per heavy atom. The summed E-state index contributed by atoms with van der Waals surface area (Å²) >= 11 is 0. The summed E-state index contributed by atoms with van der Waals surface area (Å²) < 4.78 is 17.6. The van der Waals surface area contributed by atoms with E-state index in [0.29, 0.717) is 6.61 Å². The number of methoxy groups -OCH3 is 1. The zero-order chi connectivity index (χ0) is 23.2. The molecule has 0 N–H and O–H groups in total. The number of nitrogens with zero attached hydrogens (tertiary/aromatic N) is 2. The monoisotopic (exact) mass is 458 g/mol. The Balaban J connectivity index is 1.29. The zero-order valence-electron chi connectivity index (χ0n) is 20.0. The van der Waals surface area contributed by atoms with Gasteiger partial charge >= 0.3 is 0 Å². The molecule has 1 fully saturated rings. The topological polar surface area (TPSA) is 34.2 Å². The second kappa shape index (κ2) is 10.8. The van der Waals surface area contributed by atoms with Crippen molar-refractivity contribution in [2.75, 3.05) is 38.3 Å². The predicted octanol–water partition coefficient (Wildman–Crippen LogP) is 5.66. The number of para-hydroxylation sites is 1. The quantitative estimate of drug-likeness (QED) is 0.456. The number of hydrogen-bond donors (Lipinski definition) is 0. The summed E-state index contributed by atoms with van der Waals surface area (Å²) in [5.41, 5.74) is 4.76. The summed E-state index contributed by atoms with van der Waals surface area (Å²) in [6, 6.07) is 23.1. The summed E-state index contributed by atoms with van der Waals surface area (Å²) in [5.74, 6) is 2.73. The van der Waals surface area contributed by atoms with Gasteiger partial charge in [0.1, 0.15) is 30.5 Å². The van der Waals surface area contributed by atoms with Crippen molar-refractivity contribution in [3.05, 3.63) is 83.4 Å². The summed E-state index contributed by atoms with van der Waals surface area (Å²) in [7, 11) is 1.70. The minimum Gasteiger partial charge on any atom is -0.497 e. The molecule has 178 valence electrons. The molecule has 3 aromatic rings. The van der Waals surface area contributed by atoms with Crippen molar-refractivity contribution in [2.45, 2.75) is 39.0 Å². The van der Waals surface area contributed by atoms with E-state index in [0.717, 1.165) is 49.1 Å². The smallest absolute Gasteiger partial charge is 0.124 e. The summed E-state index contributed by atoms with van der Waals surface area (Å²) in [6.45, 7) is 6.28. The lowest BCUT2D eigenvalue weighted by molar-refractivity contribution is 0.183. The van der Waals surface area contributed by atoms with Crippen LogP contribution in [0.15, 0.2) is 66.7 Å². The van der Waals surface area contributed by atoms with E-state index in [2.05, 4.69) is 64.4 Å². The minimum absolute atomic E-state index is 0.518. The molecule has 0 aromatic heterocycles. The van der Waals surface area contributed by atoms with E-state index >= 15 is 0 Å². The Labute approximate surface area is 202 Å². The minimum atomic E-state index is 0.518. The Bertz CT molecular complexity index is 1080. The molecule has 0 radical (unpaired) electrons. The van der Waals surface area contributed by atoms with E-state index in [9.17, 15) is 0 Å². The van der Waals surface area contributed by atoms with Crippen molar-refractivity contribution in [3.63, 3.8) is 0 Å². The number of likely N-dealkylation sites (tertiary alicyclic amines) is 1. The second-order valence-electron chi connectivity index (χ2n) is 9.14. The van der Waals surface area contributed by atoms with Crippen molar-refractivity contribution >= 4 is 5.69 Å². The van der Waals surface area contributed by atoms with Gasteiger partial charge in [-0.15, -0.1) is 0 Å². The van der Waals surface area contributed by atoms with Gasteiger partial charge in [-0.05, 0) is 67.9 Å². The standard InChI is InChI=1S/C29H34N2O3/c1-32-27-13-14-28-25(19-27)22-34-29-8-4-3-7-24(29)21-31(28)20-23-9-11-26(12-10-23)33-18-17-30-15-5-2-6-16-30/h3-4,7-14,19H,2,5-6,15-18,20-22H2,1H3. The molecule has 34 heavy (non-hydrogen) atoms. The average Bonchev–Trinajstić information content (AvgIpc) is 2.88. The van der Waals surface area contributed by atoms with E-state index in [1.807, 2.05) is 12.1 Å². The number of ether oxygens (including phenoxy) is 3. The second-order valence-corrected chi connectivity index (χ2v) is 9.14. The lowest BCUT2D eigenvalue weighted by Gasteiger charge is -2.31. The number of hydrogen-bond acceptors (Lipinski definition) is 5. The Hall–Kier alpha value is -3.18. The third-order valence-electron chi connectivity index (χ3n) is 6.77. The van der Waals surface area contributed by atoms with E-state index in [1.54, 1.807) is 7.11 Å². The molecule has 0 saturated carbocycles. The van der Waals surface area contributed by atoms with Gasteiger partial charge in [0.15, 0.2) is 0 Å². The van der Waals surface area contributed by atoms with Crippen molar-refractivity contribution < 1.29 is 14.2 Å². The average molecular weight is 459 g/mol. The highest BCUT2D eigenvalue weighted by Crippen LogP contribution is 2.34. The highest BCUT2D eigenvalue weighted by Gasteiger charge is 2.19. The molecule has 2 heterocycles. The van der Waals surface area contributed by atoms with Crippen molar-refractivity contribution in [1.82, 2.24) is 4.90 Å². The van der Waals surface area contributed by atoms with Crippen LogP contribution in [0.4, 0.5) is 5.69 Å². The fraction of sp³-hybridized carbons (Fsp3) is 0.379. The van der Waals surface area contributed by atoms with Gasteiger partial charge in [-0.2, -0.15) is 0 Å². The summed E-state index contributed by atoms with van der Waals surface area (Å²) in [6.07, 6.45) is 4.00. The lowest BCUT2D eigenvalue weighted by atomic mass is 10.1. The van der Waals surface area contributed by atoms with Crippen LogP contribution in [0.3, 0.4) is 0 Å². The Kier molecular flexibility index (Phi) is 7.20. The van der Waals surface area contributed by atoms with Crippen LogP contribution in [0.2, 0.25) is 0 Å². The van der Waals surface area contributed by atoms with Gasteiger partial charge < -0.3 is 19.1 Å². The largest absolute Gasteiger partial charge is 0.497 e. The maximum Gasteiger partial charge on any atom is 0.124 e. The van der Waals surface area contributed by atoms with Crippen LogP contribution in [-0.4, -0.2) is 38.3 Å². The first-order chi connectivity index (χ1) is 16.8. The third kappa shape index (κ3) is 5.48. The maximum atomic E-state index is 6.15. The predicted molar refractivity (Wildman–Crippen MR) is 136 cm³/mol. The van der Waals surface area contributed by atoms with Gasteiger partial charge in [-0.25, -0.2) is 0 Å². The third-order valence-corrected chi connectivity index (χ3v) is 6.77. The van der Waals surface area contributed by atoms with Crippen LogP contribution in [0, 0.1) is 0 Å². The maximum absolute atomic E-state index is 6.15. The molecule has 5 rings (SSSR count). The lowest BCUT2D eigenvalue weighted by Crippen LogP contribution is -2.33. The number of anilines is 1. The van der Waals surface area contributed by atoms with E-state index in [4.69, 9.17) is 14.2 Å². The van der Waals surface area contributed by atoms with Crippen LogP contribution in [-0.2, 0) is 19.7 Å². The highest BCUT2D eigenvalue weighted by atomic mass is 16.5. The van der Waals surface area contributed by atoms with Crippen LogP contribution < -0.4 is 19.1 Å². The van der Waals surface area contributed by atoms with Crippen LogP contribution in [0.25, 0.3) is 0 Å². The number of rotatable bonds is 7. The molecule has 0 spiro atoms. The zero-order valence-corrected chi connectivity index (χ0v) is 20.0. The van der Waals surface area contributed by atoms with Gasteiger partial charge in [0, 0.05) is 36.4 Å². The molecule has 5 nitrogen and oxygen atoms in total. The molecular formula is C29H34N2O3. The molecule has 0 unspecified atom stereocenters. The molecule has 5 heteroatoms. The van der Waals surface area contributed by atoms with Crippen molar-refractivity contribution in [1.29, 1.82) is 0 Å². The van der Waals surface area contributed by atoms with Gasteiger partial charge in [0.05, 0.1) is 7.11 Å². The molecule has 1 saturated heterocycles. The first-order valence-electron chi connectivity index (χ1n) is 12.4. The van der Waals surface area contributed by atoms with Crippen LogP contribution in [0.1, 0.15) is 36.0 Å². The normalized spacial score (nSPS) is 16.0. The van der Waals surface area contributed by atoms with Crippen molar-refractivity contribution in [3.8, 4) is 17.2 Å². The number of piperidine rings is 1. The van der Waals surface area contributed by atoms with Crippen LogP contribution in [0.5, 0.6) is 17.2 Å². The van der Waals surface area contributed by atoms with E-state index in [-0.39, 0.29) is 0 Å². The Morgan fingerprint density at radius 2 is 1.65 bits per heavy atom. The number of fused-ring (bicyclic) bond motifs is 2. The molecule has 0 amide bonds. The highest BCUT2D eigenvalue weighted by molar-refractivity contribution is 5.58. The summed E-state index contributed by atoms with van der Waals surface area (Å²) in [5, 5.41) is 0. The molecule has 0 atom stereocenters. The van der Waals surface area contributed by atoms with Crippen LogP contribution >= 0.6 is 0 Å². The van der Waals surface area contributed by atoms with Gasteiger partial charge in [-0.3, -0.25) is 4.90 Å². The fourth-order valence-corrected chi connectivity index (χ4v) is 4.86.